The fourth-order valence-corrected chi connectivity index (χ4v) is 4.03. The van der Waals surface area contributed by atoms with E-state index in [2.05, 4.69) is 10.6 Å². The van der Waals surface area contributed by atoms with Gasteiger partial charge in [0.15, 0.2) is 0 Å². The lowest BCUT2D eigenvalue weighted by atomic mass is 10.2. The number of urea groups is 1. The van der Waals surface area contributed by atoms with Crippen LogP contribution in [-0.4, -0.2) is 48.5 Å². The number of carbonyl (C=O) groups is 3. The van der Waals surface area contributed by atoms with Crippen LogP contribution in [0.5, 0.6) is 0 Å². The number of rotatable bonds is 6. The molecule has 8 heteroatoms. The first kappa shape index (κ1) is 19.2. The summed E-state index contributed by atoms with van der Waals surface area (Å²) < 4.78 is 5.97. The predicted molar refractivity (Wildman–Crippen MR) is 105 cm³/mol. The van der Waals surface area contributed by atoms with Crippen LogP contribution in [0, 0.1) is 0 Å². The van der Waals surface area contributed by atoms with E-state index in [-0.39, 0.29) is 23.9 Å². The van der Waals surface area contributed by atoms with Crippen LogP contribution in [0.25, 0.3) is 10.1 Å². The molecule has 1 aliphatic rings. The second kappa shape index (κ2) is 8.39. The maximum atomic E-state index is 12.2. The van der Waals surface area contributed by atoms with Crippen LogP contribution in [0.15, 0.2) is 24.3 Å². The number of amides is 3. The number of benzene rings is 1. The van der Waals surface area contributed by atoms with Gasteiger partial charge in [0, 0.05) is 35.9 Å². The molecular formula is C19H23N3O4S. The molecule has 0 bridgehead atoms. The van der Waals surface area contributed by atoms with Gasteiger partial charge in [-0.05, 0) is 49.9 Å². The summed E-state index contributed by atoms with van der Waals surface area (Å²) in [5.74, 6) is -0.194. The van der Waals surface area contributed by atoms with E-state index >= 15 is 0 Å². The average Bonchev–Trinajstić information content (AvgIpc) is 3.21. The van der Waals surface area contributed by atoms with Crippen LogP contribution in [-0.2, 0) is 9.53 Å². The smallest absolute Gasteiger partial charge is 0.348 e. The monoisotopic (exact) mass is 389 g/mol. The molecule has 1 aromatic heterocycles. The largest absolute Gasteiger partial charge is 0.462 e. The molecule has 0 spiro atoms. The summed E-state index contributed by atoms with van der Waals surface area (Å²) in [4.78, 5) is 38.0. The lowest BCUT2D eigenvalue weighted by molar-refractivity contribution is -0.127. The van der Waals surface area contributed by atoms with Gasteiger partial charge in [-0.3, -0.25) is 4.79 Å². The van der Waals surface area contributed by atoms with Crippen LogP contribution in [0.1, 0.15) is 36.4 Å². The van der Waals surface area contributed by atoms with Gasteiger partial charge in [-0.15, -0.1) is 11.3 Å². The fourth-order valence-electron chi connectivity index (χ4n) is 3.09. The molecule has 1 aliphatic heterocycles. The summed E-state index contributed by atoms with van der Waals surface area (Å²) in [5, 5.41) is 6.52. The van der Waals surface area contributed by atoms with E-state index in [1.54, 1.807) is 24.0 Å². The van der Waals surface area contributed by atoms with Crippen molar-refractivity contribution < 1.29 is 19.1 Å². The van der Waals surface area contributed by atoms with Gasteiger partial charge in [-0.25, -0.2) is 9.59 Å². The quantitative estimate of drug-likeness (QED) is 0.743. The van der Waals surface area contributed by atoms with Crippen molar-refractivity contribution in [2.45, 2.75) is 32.7 Å². The Morgan fingerprint density at radius 3 is 2.85 bits per heavy atom. The summed E-state index contributed by atoms with van der Waals surface area (Å²) in [5.41, 5.74) is 0.637. The molecule has 3 rings (SSSR count). The van der Waals surface area contributed by atoms with Crippen molar-refractivity contribution in [3.05, 3.63) is 29.1 Å². The highest BCUT2D eigenvalue weighted by Crippen LogP contribution is 2.28. The first-order valence-corrected chi connectivity index (χ1v) is 9.84. The average molecular weight is 389 g/mol. The van der Waals surface area contributed by atoms with E-state index in [4.69, 9.17) is 4.74 Å². The highest BCUT2D eigenvalue weighted by molar-refractivity contribution is 7.20. The van der Waals surface area contributed by atoms with Crippen molar-refractivity contribution in [1.29, 1.82) is 0 Å². The van der Waals surface area contributed by atoms with E-state index < -0.39 is 0 Å². The zero-order chi connectivity index (χ0) is 19.4. The minimum absolute atomic E-state index is 0.143. The van der Waals surface area contributed by atoms with Gasteiger partial charge >= 0.3 is 12.0 Å². The molecule has 2 aromatic rings. The number of esters is 1. The van der Waals surface area contributed by atoms with Crippen molar-refractivity contribution in [1.82, 2.24) is 10.2 Å². The Kier molecular flexibility index (Phi) is 5.95. The first-order valence-electron chi connectivity index (χ1n) is 9.02. The third kappa shape index (κ3) is 4.77. The molecule has 1 aromatic carbocycles. The summed E-state index contributed by atoms with van der Waals surface area (Å²) in [6.45, 7) is 5.25. The van der Waals surface area contributed by atoms with E-state index in [0.717, 1.165) is 23.1 Å². The summed E-state index contributed by atoms with van der Waals surface area (Å²) >= 11 is 1.36. The number of hydrogen-bond acceptors (Lipinski definition) is 5. The maximum absolute atomic E-state index is 12.2. The van der Waals surface area contributed by atoms with E-state index in [1.165, 1.54) is 11.3 Å². The summed E-state index contributed by atoms with van der Waals surface area (Å²) in [7, 11) is 0. The zero-order valence-electron chi connectivity index (χ0n) is 15.4. The van der Waals surface area contributed by atoms with Gasteiger partial charge in [-0.1, -0.05) is 0 Å². The molecule has 2 N–H and O–H groups in total. The molecule has 7 nitrogen and oxygen atoms in total. The van der Waals surface area contributed by atoms with Crippen LogP contribution in [0.2, 0.25) is 0 Å². The number of thiophene rings is 1. The second-order valence-electron chi connectivity index (χ2n) is 6.53. The fraction of sp³-hybridized carbons (Fsp3) is 0.421. The van der Waals surface area contributed by atoms with Crippen molar-refractivity contribution in [3.63, 3.8) is 0 Å². The highest BCUT2D eigenvalue weighted by atomic mass is 32.1. The molecule has 0 radical (unpaired) electrons. The Labute approximate surface area is 161 Å². The number of anilines is 1. The van der Waals surface area contributed by atoms with E-state index in [0.29, 0.717) is 30.1 Å². The Morgan fingerprint density at radius 2 is 2.15 bits per heavy atom. The van der Waals surface area contributed by atoms with Crippen molar-refractivity contribution in [2.24, 2.45) is 0 Å². The van der Waals surface area contributed by atoms with Crippen molar-refractivity contribution >= 4 is 45.0 Å². The third-order valence-corrected chi connectivity index (χ3v) is 5.39. The molecule has 3 amide bonds. The van der Waals surface area contributed by atoms with Gasteiger partial charge in [0.2, 0.25) is 5.91 Å². The number of ether oxygens (including phenoxy) is 1. The third-order valence-electron chi connectivity index (χ3n) is 4.29. The van der Waals surface area contributed by atoms with E-state index in [9.17, 15) is 14.4 Å². The van der Waals surface area contributed by atoms with Crippen LogP contribution in [0.4, 0.5) is 10.5 Å². The number of likely N-dealkylation sites (tertiary alicyclic amines) is 1. The molecule has 0 saturated carbocycles. The molecule has 0 aliphatic carbocycles. The number of fused-ring (bicyclic) bond motifs is 1. The van der Waals surface area contributed by atoms with Crippen LogP contribution >= 0.6 is 11.3 Å². The predicted octanol–water partition coefficient (Wildman–Crippen LogP) is 3.21. The summed E-state index contributed by atoms with van der Waals surface area (Å²) in [6.07, 6.45) is 1.47. The molecule has 27 heavy (non-hydrogen) atoms. The zero-order valence-corrected chi connectivity index (χ0v) is 16.2. The maximum Gasteiger partial charge on any atom is 0.348 e. The Hall–Kier alpha value is -2.61. The van der Waals surface area contributed by atoms with Crippen LogP contribution < -0.4 is 10.6 Å². The van der Waals surface area contributed by atoms with E-state index in [1.807, 2.05) is 19.1 Å². The molecular weight excluding hydrogens is 366 g/mol. The number of carbonyl (C=O) groups excluding carboxylic acids is 3. The van der Waals surface area contributed by atoms with Crippen molar-refractivity contribution in [3.8, 4) is 0 Å². The number of nitrogens with zero attached hydrogens (tertiary/aromatic N) is 1. The molecule has 1 atom stereocenters. The Morgan fingerprint density at radius 1 is 1.33 bits per heavy atom. The Balaban J connectivity index is 1.59. The topological polar surface area (TPSA) is 87.7 Å². The lowest BCUT2D eigenvalue weighted by Gasteiger charge is -2.21. The lowest BCUT2D eigenvalue weighted by Crippen LogP contribution is -2.44. The minimum Gasteiger partial charge on any atom is -0.462 e. The minimum atomic E-state index is -0.337. The highest BCUT2D eigenvalue weighted by Gasteiger charge is 2.22. The van der Waals surface area contributed by atoms with Gasteiger partial charge < -0.3 is 20.3 Å². The molecule has 1 saturated heterocycles. The number of nitrogens with one attached hydrogen (secondary N) is 2. The van der Waals surface area contributed by atoms with Crippen molar-refractivity contribution in [2.75, 3.05) is 25.0 Å². The number of hydrogen-bond donors (Lipinski definition) is 2. The molecule has 0 unspecified atom stereocenters. The van der Waals surface area contributed by atoms with Gasteiger partial charge in [0.25, 0.3) is 0 Å². The normalized spacial score (nSPS) is 15.0. The van der Waals surface area contributed by atoms with Crippen LogP contribution in [0.3, 0.4) is 0 Å². The molecule has 1 fully saturated rings. The van der Waals surface area contributed by atoms with Gasteiger partial charge in [-0.2, -0.15) is 0 Å². The van der Waals surface area contributed by atoms with Gasteiger partial charge in [0.1, 0.15) is 4.88 Å². The first-order chi connectivity index (χ1) is 13.0. The van der Waals surface area contributed by atoms with Gasteiger partial charge in [0.05, 0.1) is 6.61 Å². The SMILES string of the molecule is CCOC(=O)c1cc2cc(NC(=O)N[C@H](C)CN3CCCC3=O)ccc2s1. The summed E-state index contributed by atoms with van der Waals surface area (Å²) in [6, 6.07) is 6.78. The standard InChI is InChI=1S/C19H23N3O4S/c1-3-26-18(24)16-10-13-9-14(6-7-15(13)27-16)21-19(25)20-12(2)11-22-8-4-5-17(22)23/h6-7,9-10,12H,3-5,8,11H2,1-2H3,(H2,20,21,25)/t12-/m1/s1. The molecule has 2 heterocycles. The molecule has 144 valence electrons. The Bertz CT molecular complexity index is 864. The second-order valence-corrected chi connectivity index (χ2v) is 7.61.